The predicted octanol–water partition coefficient (Wildman–Crippen LogP) is 5.20. The molecule has 20 nitrogen and oxygen atoms in total. The van der Waals surface area contributed by atoms with Gasteiger partial charge in [-0.3, -0.25) is 38.6 Å². The van der Waals surface area contributed by atoms with Crippen LogP contribution in [-0.4, -0.2) is 163 Å². The standard InChI is InChI=1S/C58H73F3N10O10S/c1-37-52(82-36-66-37)40-10-8-38(9-11-40)32-65-55(77)48-30-43(72)35-71(48)56(78)53(57(2,3)4)68-50(74)15-23-80-25-27-81-26-24-79-22-14-49(73)63-16-17-69-18-20-70(21-19-69)34-39-6-5-7-41(28-39)42-12-13-46(62)47(29-42)67-54(76)44-33-64-51(75)31-45(44)58(59,60)61/h5-13,28-29,31,33,36,43,48,53,72H,14-27,30,32,34-35,62H2,1-4H3,(H,63,73)(H,64,75)(H,65,77)(H,67,76)(H,68,74)/t43-,48+,53-/m1/s1. The quantitative estimate of drug-likeness (QED) is 0.0278. The number of aliphatic hydroxyl groups excluding tert-OH is 1. The number of ether oxygens (including phenoxy) is 3. The molecule has 0 spiro atoms. The summed E-state index contributed by atoms with van der Waals surface area (Å²) in [5, 5.41) is 21.7. The molecular weight excluding hydrogens is 1090 g/mol. The molecule has 0 saturated carbocycles. The minimum Gasteiger partial charge on any atom is -0.397 e. The van der Waals surface area contributed by atoms with E-state index in [2.05, 4.69) is 41.0 Å². The summed E-state index contributed by atoms with van der Waals surface area (Å²) in [7, 11) is 0. The number of aromatic nitrogens is 2. The third-order valence-electron chi connectivity index (χ3n) is 14.1. The molecule has 2 fully saturated rings. The van der Waals surface area contributed by atoms with Crippen molar-refractivity contribution in [1.29, 1.82) is 0 Å². The number of carbonyl (C=O) groups is 5. The Morgan fingerprint density at radius 2 is 1.46 bits per heavy atom. The van der Waals surface area contributed by atoms with Crippen LogP contribution >= 0.6 is 11.3 Å². The summed E-state index contributed by atoms with van der Waals surface area (Å²) < 4.78 is 57.6. The van der Waals surface area contributed by atoms with E-state index in [9.17, 15) is 47.0 Å². The number of rotatable bonds is 26. The second kappa shape index (κ2) is 29.3. The van der Waals surface area contributed by atoms with Crippen LogP contribution in [0.15, 0.2) is 89.3 Å². The molecule has 0 radical (unpaired) electrons. The van der Waals surface area contributed by atoms with Crippen molar-refractivity contribution < 1.29 is 56.5 Å². The highest BCUT2D eigenvalue weighted by Gasteiger charge is 2.44. The maximum Gasteiger partial charge on any atom is 0.417 e. The maximum atomic E-state index is 14.0. The molecule has 3 aromatic carbocycles. The summed E-state index contributed by atoms with van der Waals surface area (Å²) in [4.78, 5) is 91.0. The maximum absolute atomic E-state index is 14.0. The summed E-state index contributed by atoms with van der Waals surface area (Å²) >= 11 is 1.56. The van der Waals surface area contributed by atoms with Gasteiger partial charge in [-0.05, 0) is 58.4 Å². The van der Waals surface area contributed by atoms with Gasteiger partial charge < -0.3 is 56.2 Å². The highest BCUT2D eigenvalue weighted by molar-refractivity contribution is 7.13. The van der Waals surface area contributed by atoms with Gasteiger partial charge in [0.25, 0.3) is 5.91 Å². The van der Waals surface area contributed by atoms with Gasteiger partial charge >= 0.3 is 6.18 Å². The Morgan fingerprint density at radius 3 is 2.12 bits per heavy atom. The third kappa shape index (κ3) is 18.2. The van der Waals surface area contributed by atoms with Crippen molar-refractivity contribution in [3.05, 3.63) is 123 Å². The minimum absolute atomic E-state index is 0.00822. The average Bonchev–Trinajstić information content (AvgIpc) is 4.17. The molecule has 2 saturated heterocycles. The largest absolute Gasteiger partial charge is 0.417 e. The number of benzene rings is 3. The number of hydrogen-bond donors (Lipinski definition) is 7. The molecule has 2 aliphatic rings. The topological polar surface area (TPSA) is 263 Å². The van der Waals surface area contributed by atoms with Gasteiger partial charge in [0.2, 0.25) is 29.2 Å². The van der Waals surface area contributed by atoms with E-state index < -0.39 is 64.2 Å². The van der Waals surface area contributed by atoms with E-state index >= 15 is 0 Å². The Bertz CT molecular complexity index is 3030. The lowest BCUT2D eigenvalue weighted by atomic mass is 9.85. The number of anilines is 2. The number of H-pyrrole nitrogens is 1. The Hall–Kier alpha value is -7.06. The molecule has 2 aliphatic heterocycles. The van der Waals surface area contributed by atoms with Crippen molar-refractivity contribution in [3.8, 4) is 21.6 Å². The zero-order chi connectivity index (χ0) is 59.0. The average molecular weight is 1160 g/mol. The number of nitrogens with one attached hydrogen (secondary N) is 5. The summed E-state index contributed by atoms with van der Waals surface area (Å²) in [5.74, 6) is -2.41. The van der Waals surface area contributed by atoms with Crippen molar-refractivity contribution in [3.63, 3.8) is 0 Å². The molecule has 442 valence electrons. The molecule has 4 heterocycles. The van der Waals surface area contributed by atoms with Crippen molar-refractivity contribution >= 4 is 52.2 Å². The molecule has 5 aromatic rings. The third-order valence-corrected chi connectivity index (χ3v) is 15.0. The van der Waals surface area contributed by atoms with Crippen LogP contribution in [0.25, 0.3) is 21.6 Å². The zero-order valence-electron chi connectivity index (χ0n) is 46.6. The number of β-amino-alcohol motifs (C(OH)–C–C–N with tert-alkyl or cyclic N) is 1. The van der Waals surface area contributed by atoms with Crippen LogP contribution < -0.4 is 32.6 Å². The summed E-state index contributed by atoms with van der Waals surface area (Å²) in [5.41, 5.74) is 9.82. The normalized spacial score (nSPS) is 16.4. The van der Waals surface area contributed by atoms with Gasteiger partial charge in [0, 0.05) is 90.4 Å². The number of likely N-dealkylation sites (tertiary alicyclic amines) is 1. The van der Waals surface area contributed by atoms with Crippen LogP contribution in [-0.2, 0) is 52.7 Å². The van der Waals surface area contributed by atoms with Gasteiger partial charge in [0.1, 0.15) is 12.1 Å². The molecule has 0 unspecified atom stereocenters. The number of piperazine rings is 1. The molecule has 8 N–H and O–H groups in total. The number of nitrogens with zero attached hydrogens (tertiary/aromatic N) is 4. The molecule has 7 rings (SSSR count). The molecule has 5 amide bonds. The first kappa shape index (κ1) is 62.5. The second-order valence-corrected chi connectivity index (χ2v) is 22.2. The summed E-state index contributed by atoms with van der Waals surface area (Å²) in [6, 6.07) is 19.0. The van der Waals surface area contributed by atoms with E-state index in [4.69, 9.17) is 19.9 Å². The molecule has 2 aromatic heterocycles. The fraction of sp³-hybridized carbons (Fsp3) is 0.466. The minimum atomic E-state index is -4.92. The van der Waals surface area contributed by atoms with E-state index in [0.29, 0.717) is 31.3 Å². The van der Waals surface area contributed by atoms with Gasteiger partial charge in [-0.1, -0.05) is 69.3 Å². The van der Waals surface area contributed by atoms with Crippen LogP contribution in [0.1, 0.15) is 72.8 Å². The predicted molar refractivity (Wildman–Crippen MR) is 304 cm³/mol. The molecule has 3 atom stereocenters. The number of carbonyl (C=O) groups excluding carboxylic acids is 5. The van der Waals surface area contributed by atoms with E-state index in [1.165, 1.54) is 4.90 Å². The van der Waals surface area contributed by atoms with Crippen molar-refractivity contribution in [2.24, 2.45) is 5.41 Å². The number of hydrogen-bond acceptors (Lipinski definition) is 15. The van der Waals surface area contributed by atoms with E-state index in [1.54, 1.807) is 35.0 Å². The van der Waals surface area contributed by atoms with Crippen molar-refractivity contribution in [2.45, 2.75) is 84.4 Å². The lowest BCUT2D eigenvalue weighted by molar-refractivity contribution is -0.144. The first-order valence-electron chi connectivity index (χ1n) is 27.2. The lowest BCUT2D eigenvalue weighted by Crippen LogP contribution is -2.57. The van der Waals surface area contributed by atoms with Gasteiger partial charge in [-0.25, -0.2) is 4.98 Å². The number of alkyl halides is 3. The molecular formula is C58H73F3N10O10S. The van der Waals surface area contributed by atoms with Gasteiger partial charge in [-0.2, -0.15) is 13.2 Å². The fourth-order valence-corrected chi connectivity index (χ4v) is 10.3. The van der Waals surface area contributed by atoms with Crippen LogP contribution in [0.2, 0.25) is 0 Å². The van der Waals surface area contributed by atoms with Gasteiger partial charge in [0.15, 0.2) is 0 Å². The Morgan fingerprint density at radius 1 is 0.817 bits per heavy atom. The number of nitrogen functional groups attached to an aromatic ring is 1. The van der Waals surface area contributed by atoms with Crippen LogP contribution in [0, 0.1) is 12.3 Å². The molecule has 82 heavy (non-hydrogen) atoms. The Balaban J connectivity index is 0.710. The SMILES string of the molecule is Cc1ncsc1-c1ccc(CNC(=O)[C@@H]2C[C@@H](O)CN2C(=O)[C@@H](NC(=O)CCOCCOCCOCCC(=O)NCCN2CCN(Cc3cccc(-c4ccc(N)c(NC(=O)c5c[nH]c(=O)cc5C(F)(F)F)c4)c3)CC2)C(C)(C)C)cc1. The number of thiazole rings is 1. The second-order valence-electron chi connectivity index (χ2n) is 21.3. The van der Waals surface area contributed by atoms with Gasteiger partial charge in [0.05, 0.1) is 84.3 Å². The van der Waals surface area contributed by atoms with Crippen LogP contribution in [0.4, 0.5) is 24.5 Å². The molecule has 24 heteroatoms. The highest BCUT2D eigenvalue weighted by Crippen LogP contribution is 2.34. The van der Waals surface area contributed by atoms with Crippen LogP contribution in [0.3, 0.4) is 0 Å². The number of aliphatic hydroxyl groups is 1. The number of halogens is 3. The Kier molecular flexibility index (Phi) is 22.3. The summed E-state index contributed by atoms with van der Waals surface area (Å²) in [6.45, 7) is 14.2. The zero-order valence-corrected chi connectivity index (χ0v) is 47.4. The van der Waals surface area contributed by atoms with E-state index in [-0.39, 0.29) is 95.2 Å². The number of aromatic amines is 1. The van der Waals surface area contributed by atoms with E-state index in [1.807, 2.05) is 76.2 Å². The van der Waals surface area contributed by atoms with Crippen molar-refractivity contribution in [1.82, 2.24) is 40.6 Å². The number of nitrogens with two attached hydrogens (primary N) is 1. The Labute approximate surface area is 478 Å². The highest BCUT2D eigenvalue weighted by atomic mass is 32.1. The first-order valence-corrected chi connectivity index (χ1v) is 28.1. The smallest absolute Gasteiger partial charge is 0.397 e. The number of aryl methyl sites for hydroxylation is 1. The number of amides is 5. The van der Waals surface area contributed by atoms with Crippen LogP contribution in [0.5, 0.6) is 0 Å². The van der Waals surface area contributed by atoms with Gasteiger partial charge in [-0.15, -0.1) is 11.3 Å². The lowest BCUT2D eigenvalue weighted by Gasteiger charge is -2.35. The first-order chi connectivity index (χ1) is 39.1. The molecule has 0 bridgehead atoms. The fourth-order valence-electron chi connectivity index (χ4n) is 9.53. The molecule has 0 aliphatic carbocycles. The number of pyridine rings is 1. The van der Waals surface area contributed by atoms with Crippen molar-refractivity contribution in [2.75, 3.05) is 96.5 Å². The summed E-state index contributed by atoms with van der Waals surface area (Å²) in [6.07, 6.45) is -4.80. The monoisotopic (exact) mass is 1160 g/mol. The van der Waals surface area contributed by atoms with E-state index in [0.717, 1.165) is 65.2 Å².